The third-order valence-corrected chi connectivity index (χ3v) is 5.17. The van der Waals surface area contributed by atoms with E-state index in [4.69, 9.17) is 4.74 Å². The molecule has 1 aliphatic heterocycles. The number of ether oxygens (including phenoxy) is 1. The molecule has 3 atom stereocenters. The fourth-order valence-electron chi connectivity index (χ4n) is 3.34. The molecule has 0 aromatic carbocycles. The van der Waals surface area contributed by atoms with Crippen LogP contribution in [0.1, 0.15) is 33.1 Å². The average molecular weight is 282 g/mol. The summed E-state index contributed by atoms with van der Waals surface area (Å²) >= 11 is 0. The van der Waals surface area contributed by atoms with Crippen LogP contribution < -0.4 is 10.6 Å². The van der Waals surface area contributed by atoms with Crippen LogP contribution in [0.2, 0.25) is 0 Å². The highest BCUT2D eigenvalue weighted by molar-refractivity contribution is 5.80. The van der Waals surface area contributed by atoms with Crippen LogP contribution in [0, 0.1) is 5.41 Å². The van der Waals surface area contributed by atoms with Crippen LogP contribution in [0.3, 0.4) is 0 Å². The molecule has 0 spiro atoms. The van der Waals surface area contributed by atoms with Crippen molar-refractivity contribution >= 4 is 5.96 Å². The minimum atomic E-state index is 0.163. The molecule has 1 aliphatic carbocycles. The van der Waals surface area contributed by atoms with E-state index in [1.807, 2.05) is 7.05 Å². The lowest BCUT2D eigenvalue weighted by Gasteiger charge is -2.51. The van der Waals surface area contributed by atoms with E-state index in [0.717, 1.165) is 18.9 Å². The molecule has 1 saturated carbocycles. The molecule has 2 N–H and O–H groups in total. The van der Waals surface area contributed by atoms with Crippen molar-refractivity contribution in [2.45, 2.75) is 51.3 Å². The first kappa shape index (κ1) is 15.6. The first-order chi connectivity index (χ1) is 9.48. The second-order valence-electron chi connectivity index (χ2n) is 6.71. The smallest absolute Gasteiger partial charge is 0.191 e. The lowest BCUT2D eigenvalue weighted by atomic mass is 9.64. The minimum absolute atomic E-state index is 0.163. The maximum Gasteiger partial charge on any atom is 0.191 e. The molecule has 5 nitrogen and oxygen atoms in total. The summed E-state index contributed by atoms with van der Waals surface area (Å²) in [5, 5.41) is 7.00. The molecular weight excluding hydrogens is 252 g/mol. The van der Waals surface area contributed by atoms with Crippen molar-refractivity contribution in [3.05, 3.63) is 0 Å². The Bertz CT molecular complexity index is 356. The molecular formula is C15H30N4O. The number of hydrogen-bond donors (Lipinski definition) is 2. The molecule has 0 bridgehead atoms. The van der Waals surface area contributed by atoms with E-state index in [-0.39, 0.29) is 5.41 Å². The summed E-state index contributed by atoms with van der Waals surface area (Å²) < 4.78 is 5.50. The molecule has 1 heterocycles. The Morgan fingerprint density at radius 3 is 2.70 bits per heavy atom. The summed E-state index contributed by atoms with van der Waals surface area (Å²) in [7, 11) is 5.84. The van der Waals surface area contributed by atoms with Gasteiger partial charge in [-0.3, -0.25) is 4.99 Å². The Balaban J connectivity index is 1.79. The Hall–Kier alpha value is -0.810. The Morgan fingerprint density at radius 2 is 2.20 bits per heavy atom. The summed E-state index contributed by atoms with van der Waals surface area (Å²) in [6, 6.07) is 1.06. The van der Waals surface area contributed by atoms with Crippen LogP contribution in [0.4, 0.5) is 0 Å². The van der Waals surface area contributed by atoms with Crippen LogP contribution in [-0.2, 0) is 4.74 Å². The van der Waals surface area contributed by atoms with Gasteiger partial charge >= 0.3 is 0 Å². The summed E-state index contributed by atoms with van der Waals surface area (Å²) in [5.74, 6) is 0.915. The molecule has 0 amide bonds. The Morgan fingerprint density at radius 1 is 1.45 bits per heavy atom. The maximum atomic E-state index is 5.50. The van der Waals surface area contributed by atoms with Gasteiger partial charge in [0.1, 0.15) is 0 Å². The van der Waals surface area contributed by atoms with Gasteiger partial charge in [0.15, 0.2) is 5.96 Å². The molecule has 0 aromatic heterocycles. The summed E-state index contributed by atoms with van der Waals surface area (Å²) in [6.45, 7) is 6.68. The topological polar surface area (TPSA) is 48.9 Å². The second kappa shape index (κ2) is 6.31. The predicted octanol–water partition coefficient (Wildman–Crippen LogP) is 1.06. The fourth-order valence-corrected chi connectivity index (χ4v) is 3.34. The highest BCUT2D eigenvalue weighted by atomic mass is 16.5. The van der Waals surface area contributed by atoms with Gasteiger partial charge in [0, 0.05) is 38.2 Å². The second-order valence-corrected chi connectivity index (χ2v) is 6.71. The number of aliphatic imine (C=N–C) groups is 1. The molecule has 2 fully saturated rings. The maximum absolute atomic E-state index is 5.50. The van der Waals surface area contributed by atoms with Crippen LogP contribution in [0.5, 0.6) is 0 Å². The molecule has 116 valence electrons. The molecule has 0 radical (unpaired) electrons. The Kier molecular flexibility index (Phi) is 4.91. The van der Waals surface area contributed by atoms with E-state index in [9.17, 15) is 0 Å². The van der Waals surface area contributed by atoms with E-state index >= 15 is 0 Å². The van der Waals surface area contributed by atoms with Crippen LogP contribution in [0.15, 0.2) is 4.99 Å². The quantitative estimate of drug-likeness (QED) is 0.598. The molecule has 0 aromatic rings. The SMILES string of the molecule is CN=C(NCC1CCCN1C)NC1CC(OC)C1(C)C. The van der Waals surface area contributed by atoms with Crippen molar-refractivity contribution in [1.82, 2.24) is 15.5 Å². The minimum Gasteiger partial charge on any atom is -0.381 e. The van der Waals surface area contributed by atoms with Gasteiger partial charge in [-0.2, -0.15) is 0 Å². The van der Waals surface area contributed by atoms with Gasteiger partial charge in [-0.15, -0.1) is 0 Å². The van der Waals surface area contributed by atoms with E-state index in [1.165, 1.54) is 19.4 Å². The number of nitrogens with zero attached hydrogens (tertiary/aromatic N) is 2. The Labute approximate surface area is 123 Å². The lowest BCUT2D eigenvalue weighted by Crippen LogP contribution is -2.63. The summed E-state index contributed by atoms with van der Waals surface area (Å²) in [4.78, 5) is 6.77. The van der Waals surface area contributed by atoms with Crippen molar-refractivity contribution in [2.75, 3.05) is 34.3 Å². The average Bonchev–Trinajstić information content (AvgIpc) is 2.83. The van der Waals surface area contributed by atoms with Gasteiger partial charge < -0.3 is 20.3 Å². The number of likely N-dealkylation sites (N-methyl/N-ethyl adjacent to an activating group) is 1. The number of rotatable bonds is 4. The van der Waals surface area contributed by atoms with Crippen molar-refractivity contribution in [3.63, 3.8) is 0 Å². The number of nitrogens with one attached hydrogen (secondary N) is 2. The van der Waals surface area contributed by atoms with Gasteiger partial charge in [-0.25, -0.2) is 0 Å². The fraction of sp³-hybridized carbons (Fsp3) is 0.933. The third-order valence-electron chi connectivity index (χ3n) is 5.17. The zero-order valence-electron chi connectivity index (χ0n) is 13.6. The van der Waals surface area contributed by atoms with E-state index in [0.29, 0.717) is 18.2 Å². The van der Waals surface area contributed by atoms with E-state index in [1.54, 1.807) is 7.11 Å². The molecule has 1 saturated heterocycles. The molecule has 3 unspecified atom stereocenters. The molecule has 5 heteroatoms. The van der Waals surface area contributed by atoms with Gasteiger partial charge in [-0.1, -0.05) is 13.8 Å². The van der Waals surface area contributed by atoms with E-state index < -0.39 is 0 Å². The lowest BCUT2D eigenvalue weighted by molar-refractivity contribution is -0.0922. The van der Waals surface area contributed by atoms with E-state index in [2.05, 4.69) is 41.4 Å². The molecule has 2 aliphatic rings. The zero-order chi connectivity index (χ0) is 14.8. The van der Waals surface area contributed by atoms with Crippen molar-refractivity contribution in [3.8, 4) is 0 Å². The number of hydrogen-bond acceptors (Lipinski definition) is 3. The van der Waals surface area contributed by atoms with Crippen LogP contribution >= 0.6 is 0 Å². The first-order valence-electron chi connectivity index (χ1n) is 7.69. The van der Waals surface area contributed by atoms with Gasteiger partial charge in [0.25, 0.3) is 0 Å². The monoisotopic (exact) mass is 282 g/mol. The van der Waals surface area contributed by atoms with Crippen molar-refractivity contribution in [2.24, 2.45) is 10.4 Å². The predicted molar refractivity (Wildman–Crippen MR) is 83.1 cm³/mol. The van der Waals surface area contributed by atoms with Gasteiger partial charge in [0.05, 0.1) is 6.10 Å². The van der Waals surface area contributed by atoms with Crippen LogP contribution in [-0.4, -0.2) is 63.3 Å². The molecule has 2 rings (SSSR count). The summed E-state index contributed by atoms with van der Waals surface area (Å²) in [6.07, 6.45) is 3.98. The van der Waals surface area contributed by atoms with Crippen molar-refractivity contribution < 1.29 is 4.74 Å². The number of methoxy groups -OCH3 is 1. The third kappa shape index (κ3) is 3.09. The van der Waals surface area contributed by atoms with Crippen LogP contribution in [0.25, 0.3) is 0 Å². The normalized spacial score (nSPS) is 33.9. The molecule has 20 heavy (non-hydrogen) atoms. The highest BCUT2D eigenvalue weighted by Gasteiger charge is 2.48. The zero-order valence-corrected chi connectivity index (χ0v) is 13.6. The first-order valence-corrected chi connectivity index (χ1v) is 7.69. The largest absolute Gasteiger partial charge is 0.381 e. The highest BCUT2D eigenvalue weighted by Crippen LogP contribution is 2.42. The number of guanidine groups is 1. The standard InChI is InChI=1S/C15H30N4O/c1-15(2)12(9-13(15)20-5)18-14(16-3)17-10-11-7-6-8-19(11)4/h11-13H,6-10H2,1-5H3,(H2,16,17,18). The summed E-state index contributed by atoms with van der Waals surface area (Å²) in [5.41, 5.74) is 0.163. The van der Waals surface area contributed by atoms with Gasteiger partial charge in [0.2, 0.25) is 0 Å². The van der Waals surface area contributed by atoms with Gasteiger partial charge in [-0.05, 0) is 32.9 Å². The number of likely N-dealkylation sites (tertiary alicyclic amines) is 1. The van der Waals surface area contributed by atoms with Crippen molar-refractivity contribution in [1.29, 1.82) is 0 Å².